The van der Waals surface area contributed by atoms with E-state index in [4.69, 9.17) is 0 Å². The number of nitrogens with one attached hydrogen (secondary N) is 1. The molecule has 0 aliphatic heterocycles. The van der Waals surface area contributed by atoms with Crippen LogP contribution >= 0.6 is 11.3 Å². The van der Waals surface area contributed by atoms with Crippen molar-refractivity contribution in [1.82, 2.24) is 10.3 Å². The summed E-state index contributed by atoms with van der Waals surface area (Å²) in [5.41, 5.74) is -0.882. The van der Waals surface area contributed by atoms with E-state index in [-0.39, 0.29) is 12.5 Å². The van der Waals surface area contributed by atoms with Gasteiger partial charge in [0.25, 0.3) is 5.91 Å². The van der Waals surface area contributed by atoms with E-state index in [1.54, 1.807) is 6.20 Å². The summed E-state index contributed by atoms with van der Waals surface area (Å²) >= 11 is 1.37. The molecule has 20 heavy (non-hydrogen) atoms. The number of hydrogen-bond donors (Lipinski definition) is 2. The standard InChI is InChI=1S/C14H22N2O3S/c1-4-7-11-15-8-10(20-11)12(17)16-9-14(5-2,6-3)13(18)19/h8H,4-7,9H2,1-3H3,(H,16,17)(H,18,19). The smallest absolute Gasteiger partial charge is 0.311 e. The average molecular weight is 298 g/mol. The van der Waals surface area contributed by atoms with Gasteiger partial charge >= 0.3 is 5.97 Å². The third-order valence-electron chi connectivity index (χ3n) is 3.64. The maximum absolute atomic E-state index is 12.0. The predicted molar refractivity (Wildman–Crippen MR) is 79.1 cm³/mol. The van der Waals surface area contributed by atoms with Crippen molar-refractivity contribution >= 4 is 23.2 Å². The minimum atomic E-state index is -0.882. The Labute approximate surface area is 123 Å². The molecule has 0 atom stereocenters. The zero-order valence-corrected chi connectivity index (χ0v) is 13.0. The molecule has 1 amide bonds. The topological polar surface area (TPSA) is 79.3 Å². The highest BCUT2D eigenvalue weighted by molar-refractivity contribution is 7.13. The van der Waals surface area contributed by atoms with Crippen molar-refractivity contribution in [2.24, 2.45) is 5.41 Å². The average Bonchev–Trinajstić information content (AvgIpc) is 2.89. The number of carboxylic acids is 1. The van der Waals surface area contributed by atoms with Crippen LogP contribution in [0.2, 0.25) is 0 Å². The molecule has 1 aromatic rings. The van der Waals surface area contributed by atoms with Gasteiger partial charge in [-0.15, -0.1) is 11.3 Å². The molecule has 0 aliphatic carbocycles. The number of hydrogen-bond acceptors (Lipinski definition) is 4. The van der Waals surface area contributed by atoms with Crippen LogP contribution in [0.3, 0.4) is 0 Å². The fraction of sp³-hybridized carbons (Fsp3) is 0.643. The van der Waals surface area contributed by atoms with E-state index in [9.17, 15) is 14.7 Å². The maximum Gasteiger partial charge on any atom is 0.311 e. The molecule has 0 saturated heterocycles. The molecule has 0 aromatic carbocycles. The van der Waals surface area contributed by atoms with E-state index in [2.05, 4.69) is 17.2 Å². The molecule has 5 nitrogen and oxygen atoms in total. The third kappa shape index (κ3) is 3.79. The molecule has 0 bridgehead atoms. The minimum absolute atomic E-state index is 0.148. The predicted octanol–water partition coefficient (Wildman–Crippen LogP) is 2.72. The molecule has 0 unspecified atom stereocenters. The number of thiazole rings is 1. The molecule has 0 fully saturated rings. The van der Waals surface area contributed by atoms with Crippen molar-refractivity contribution in [3.63, 3.8) is 0 Å². The molecule has 0 aliphatic rings. The van der Waals surface area contributed by atoms with Gasteiger partial charge in [0.05, 0.1) is 16.6 Å². The number of aliphatic carboxylic acids is 1. The van der Waals surface area contributed by atoms with Crippen molar-refractivity contribution in [2.75, 3.05) is 6.54 Å². The Kier molecular flexibility index (Phi) is 6.13. The summed E-state index contributed by atoms with van der Waals surface area (Å²) in [5, 5.41) is 13.0. The van der Waals surface area contributed by atoms with Crippen molar-refractivity contribution in [3.05, 3.63) is 16.1 Å². The van der Waals surface area contributed by atoms with Crippen LogP contribution in [0.15, 0.2) is 6.20 Å². The number of carbonyl (C=O) groups excluding carboxylic acids is 1. The number of carboxylic acid groups (broad SMARTS) is 1. The van der Waals surface area contributed by atoms with Crippen molar-refractivity contribution in [2.45, 2.75) is 46.5 Å². The number of carbonyl (C=O) groups is 2. The highest BCUT2D eigenvalue weighted by atomic mass is 32.1. The summed E-state index contributed by atoms with van der Waals surface area (Å²) in [7, 11) is 0. The van der Waals surface area contributed by atoms with Crippen molar-refractivity contribution < 1.29 is 14.7 Å². The van der Waals surface area contributed by atoms with Crippen LogP contribution < -0.4 is 5.32 Å². The van der Waals surface area contributed by atoms with E-state index in [0.29, 0.717) is 17.7 Å². The molecule has 0 spiro atoms. The van der Waals surface area contributed by atoms with Crippen LogP contribution in [0, 0.1) is 5.41 Å². The second-order valence-corrected chi connectivity index (χ2v) is 5.96. The van der Waals surface area contributed by atoms with Gasteiger partial charge in [0, 0.05) is 6.54 Å². The Balaban J connectivity index is 2.67. The molecular weight excluding hydrogens is 276 g/mol. The molecule has 0 radical (unpaired) electrons. The summed E-state index contributed by atoms with van der Waals surface area (Å²) in [6.07, 6.45) is 4.39. The molecular formula is C14H22N2O3S. The van der Waals surface area contributed by atoms with Gasteiger partial charge in [0.15, 0.2) is 0 Å². The lowest BCUT2D eigenvalue weighted by Crippen LogP contribution is -2.42. The van der Waals surface area contributed by atoms with Crippen LogP contribution in [0.5, 0.6) is 0 Å². The second kappa shape index (κ2) is 7.38. The number of nitrogens with zero attached hydrogens (tertiary/aromatic N) is 1. The number of amides is 1. The van der Waals surface area contributed by atoms with E-state index in [1.165, 1.54) is 11.3 Å². The Morgan fingerprint density at radius 2 is 2.00 bits per heavy atom. The first-order valence-electron chi connectivity index (χ1n) is 6.95. The van der Waals surface area contributed by atoms with Crippen LogP contribution in [0.1, 0.15) is 54.7 Å². The molecule has 112 valence electrons. The zero-order chi connectivity index (χ0) is 15.2. The minimum Gasteiger partial charge on any atom is -0.481 e. The van der Waals surface area contributed by atoms with E-state index in [1.807, 2.05) is 13.8 Å². The number of aromatic nitrogens is 1. The lowest BCUT2D eigenvalue weighted by Gasteiger charge is -2.26. The first-order chi connectivity index (χ1) is 9.49. The first kappa shape index (κ1) is 16.6. The van der Waals surface area contributed by atoms with Crippen molar-refractivity contribution in [1.29, 1.82) is 0 Å². The Bertz CT molecular complexity index is 467. The maximum atomic E-state index is 12.0. The van der Waals surface area contributed by atoms with Gasteiger partial charge in [-0.05, 0) is 25.7 Å². The van der Waals surface area contributed by atoms with Gasteiger partial charge < -0.3 is 10.4 Å². The van der Waals surface area contributed by atoms with Gasteiger partial charge in [0.2, 0.25) is 0 Å². The summed E-state index contributed by atoms with van der Waals surface area (Å²) < 4.78 is 0. The molecule has 1 aromatic heterocycles. The normalized spacial score (nSPS) is 11.3. The number of aryl methyl sites for hydroxylation is 1. The quantitative estimate of drug-likeness (QED) is 0.773. The second-order valence-electron chi connectivity index (χ2n) is 4.84. The van der Waals surface area contributed by atoms with E-state index in [0.717, 1.165) is 17.8 Å². The first-order valence-corrected chi connectivity index (χ1v) is 7.77. The fourth-order valence-corrected chi connectivity index (χ4v) is 2.90. The van der Waals surface area contributed by atoms with E-state index < -0.39 is 11.4 Å². The monoisotopic (exact) mass is 298 g/mol. The van der Waals surface area contributed by atoms with Gasteiger partial charge in [-0.25, -0.2) is 4.98 Å². The number of rotatable bonds is 8. The lowest BCUT2D eigenvalue weighted by atomic mass is 9.82. The summed E-state index contributed by atoms with van der Waals surface area (Å²) in [6.45, 7) is 5.87. The third-order valence-corrected chi connectivity index (χ3v) is 4.69. The van der Waals surface area contributed by atoms with Gasteiger partial charge in [0.1, 0.15) is 4.88 Å². The lowest BCUT2D eigenvalue weighted by molar-refractivity contribution is -0.149. The largest absolute Gasteiger partial charge is 0.481 e. The van der Waals surface area contributed by atoms with Crippen LogP contribution in [0.25, 0.3) is 0 Å². The van der Waals surface area contributed by atoms with Gasteiger partial charge in [-0.1, -0.05) is 20.8 Å². The van der Waals surface area contributed by atoms with Gasteiger partial charge in [-0.3, -0.25) is 9.59 Å². The van der Waals surface area contributed by atoms with Crippen molar-refractivity contribution in [3.8, 4) is 0 Å². The molecule has 1 rings (SSSR count). The Morgan fingerprint density at radius 1 is 1.35 bits per heavy atom. The highest BCUT2D eigenvalue weighted by Gasteiger charge is 2.35. The summed E-state index contributed by atoms with van der Waals surface area (Å²) in [6, 6.07) is 0. The summed E-state index contributed by atoms with van der Waals surface area (Å²) in [5.74, 6) is -1.10. The fourth-order valence-electron chi connectivity index (χ4n) is 1.96. The van der Waals surface area contributed by atoms with Crippen LogP contribution in [-0.2, 0) is 11.2 Å². The summed E-state index contributed by atoms with van der Waals surface area (Å²) in [4.78, 5) is 28.1. The Morgan fingerprint density at radius 3 is 2.50 bits per heavy atom. The SMILES string of the molecule is CCCc1ncc(C(=O)NCC(CC)(CC)C(=O)O)s1. The van der Waals surface area contributed by atoms with Crippen LogP contribution in [0.4, 0.5) is 0 Å². The van der Waals surface area contributed by atoms with Gasteiger partial charge in [-0.2, -0.15) is 0 Å². The Hall–Kier alpha value is -1.43. The molecule has 6 heteroatoms. The molecule has 2 N–H and O–H groups in total. The molecule has 0 saturated carbocycles. The molecule has 1 heterocycles. The highest BCUT2D eigenvalue weighted by Crippen LogP contribution is 2.26. The zero-order valence-electron chi connectivity index (χ0n) is 12.2. The van der Waals surface area contributed by atoms with Crippen LogP contribution in [-0.4, -0.2) is 28.5 Å². The van der Waals surface area contributed by atoms with E-state index >= 15 is 0 Å².